The fraction of sp³-hybridized carbons (Fsp3) is 0.889. The summed E-state index contributed by atoms with van der Waals surface area (Å²) in [6.07, 6.45) is 2.91. The summed E-state index contributed by atoms with van der Waals surface area (Å²) >= 11 is -0.787. The third-order valence-corrected chi connectivity index (χ3v) is 3.13. The quantitative estimate of drug-likeness (QED) is 0.574. The first-order chi connectivity index (χ1) is 5.76. The summed E-state index contributed by atoms with van der Waals surface area (Å²) in [4.78, 5) is 0. The summed E-state index contributed by atoms with van der Waals surface area (Å²) in [5, 5.41) is 0. The van der Waals surface area contributed by atoms with Crippen LogP contribution >= 0.6 is 0 Å². The first-order valence-electron chi connectivity index (χ1n) is 4.68. The van der Waals surface area contributed by atoms with Crippen LogP contribution in [0, 0.1) is 6.92 Å². The van der Waals surface area contributed by atoms with Gasteiger partial charge in [-0.3, -0.25) is 0 Å². The molecule has 0 aliphatic carbocycles. The first kappa shape index (κ1) is 12.3. The van der Waals surface area contributed by atoms with Crippen LogP contribution in [0.1, 0.15) is 33.1 Å². The Morgan fingerprint density at radius 1 is 1.25 bits per heavy atom. The minimum atomic E-state index is -0.787. The largest absolute Gasteiger partial charge is 0.598 e. The number of hydrogen-bond acceptors (Lipinski definition) is 2. The van der Waals surface area contributed by atoms with Crippen LogP contribution in [-0.2, 0) is 11.4 Å². The van der Waals surface area contributed by atoms with Crippen molar-refractivity contribution in [2.75, 3.05) is 18.8 Å². The highest BCUT2D eigenvalue weighted by molar-refractivity contribution is 7.89. The average molecular weight is 190 g/mol. The maximum absolute atomic E-state index is 11.5. The summed E-state index contributed by atoms with van der Waals surface area (Å²) in [5.41, 5.74) is 0. The molecule has 1 atom stereocenters. The van der Waals surface area contributed by atoms with E-state index in [9.17, 15) is 4.55 Å². The molecule has 2 nitrogen and oxygen atoms in total. The summed E-state index contributed by atoms with van der Waals surface area (Å²) in [7, 11) is 0. The van der Waals surface area contributed by atoms with Crippen molar-refractivity contribution in [1.29, 1.82) is 0 Å². The summed E-state index contributed by atoms with van der Waals surface area (Å²) < 4.78 is 13.6. The lowest BCUT2D eigenvalue weighted by molar-refractivity contribution is 0.409. The third-order valence-electron chi connectivity index (χ3n) is 1.55. The first-order valence-corrected chi connectivity index (χ1v) is 5.96. The molecule has 1 unspecified atom stereocenters. The molecule has 0 N–H and O–H groups in total. The molecule has 12 heavy (non-hydrogen) atoms. The molecule has 0 saturated carbocycles. The van der Waals surface area contributed by atoms with E-state index in [1.165, 1.54) is 0 Å². The van der Waals surface area contributed by atoms with Crippen LogP contribution in [0.5, 0.6) is 0 Å². The van der Waals surface area contributed by atoms with E-state index in [2.05, 4.69) is 20.8 Å². The van der Waals surface area contributed by atoms with Crippen molar-refractivity contribution in [2.24, 2.45) is 0 Å². The van der Waals surface area contributed by atoms with E-state index in [0.717, 1.165) is 32.4 Å². The Kier molecular flexibility index (Phi) is 8.07. The van der Waals surface area contributed by atoms with Gasteiger partial charge in [0.15, 0.2) is 0 Å². The van der Waals surface area contributed by atoms with Gasteiger partial charge in [0.25, 0.3) is 0 Å². The molecule has 0 rings (SSSR count). The Bertz CT molecular complexity index is 94.5. The molecule has 0 aromatic carbocycles. The van der Waals surface area contributed by atoms with E-state index in [1.807, 2.05) is 4.31 Å². The molecule has 0 heterocycles. The normalized spacial score (nSPS) is 13.8. The highest BCUT2D eigenvalue weighted by atomic mass is 32.2. The van der Waals surface area contributed by atoms with Crippen molar-refractivity contribution >= 4 is 11.4 Å². The van der Waals surface area contributed by atoms with Crippen LogP contribution in [0.15, 0.2) is 0 Å². The molecular weight excluding hydrogens is 170 g/mol. The Balaban J connectivity index is 3.72. The molecule has 0 spiro atoms. The smallest absolute Gasteiger partial charge is 0.125 e. The van der Waals surface area contributed by atoms with Crippen LogP contribution in [0.4, 0.5) is 0 Å². The summed E-state index contributed by atoms with van der Waals surface area (Å²) in [6, 6.07) is 0. The lowest BCUT2D eigenvalue weighted by Gasteiger charge is -2.23. The van der Waals surface area contributed by atoms with E-state index < -0.39 is 11.4 Å². The molecule has 0 saturated heterocycles. The molecule has 0 aromatic rings. The van der Waals surface area contributed by atoms with Gasteiger partial charge in [-0.05, 0) is 26.2 Å². The van der Waals surface area contributed by atoms with Gasteiger partial charge in [0.2, 0.25) is 0 Å². The summed E-state index contributed by atoms with van der Waals surface area (Å²) in [6.45, 7) is 9.83. The van der Waals surface area contributed by atoms with Crippen molar-refractivity contribution in [2.45, 2.75) is 33.1 Å². The molecule has 0 amide bonds. The molecule has 0 aromatic heterocycles. The zero-order valence-corrected chi connectivity index (χ0v) is 9.03. The van der Waals surface area contributed by atoms with Gasteiger partial charge >= 0.3 is 0 Å². The Morgan fingerprint density at radius 2 is 1.75 bits per heavy atom. The topological polar surface area (TPSA) is 26.3 Å². The average Bonchev–Trinajstić information content (AvgIpc) is 2.04. The Hall–Kier alpha value is 0.270. The van der Waals surface area contributed by atoms with E-state index in [4.69, 9.17) is 0 Å². The van der Waals surface area contributed by atoms with Crippen molar-refractivity contribution in [1.82, 2.24) is 4.31 Å². The molecule has 0 aliphatic rings. The van der Waals surface area contributed by atoms with Gasteiger partial charge in [-0.1, -0.05) is 13.8 Å². The SMILES string of the molecule is [CH2]CC[S+]([O-])N(CCC)CCC. The van der Waals surface area contributed by atoms with Crippen molar-refractivity contribution in [3.8, 4) is 0 Å². The number of hydrogen-bond donors (Lipinski definition) is 0. The lowest BCUT2D eigenvalue weighted by atomic mass is 10.4. The molecule has 73 valence electrons. The molecule has 1 radical (unpaired) electrons. The van der Waals surface area contributed by atoms with Gasteiger partial charge in [0.05, 0.1) is 0 Å². The van der Waals surface area contributed by atoms with Crippen molar-refractivity contribution < 1.29 is 4.55 Å². The van der Waals surface area contributed by atoms with E-state index in [0.29, 0.717) is 5.75 Å². The van der Waals surface area contributed by atoms with Crippen LogP contribution in [0.2, 0.25) is 0 Å². The van der Waals surface area contributed by atoms with Gasteiger partial charge in [0, 0.05) is 24.5 Å². The zero-order chi connectivity index (χ0) is 9.40. The van der Waals surface area contributed by atoms with Gasteiger partial charge in [-0.15, -0.1) is 4.31 Å². The van der Waals surface area contributed by atoms with E-state index >= 15 is 0 Å². The van der Waals surface area contributed by atoms with Crippen LogP contribution in [-0.4, -0.2) is 27.7 Å². The monoisotopic (exact) mass is 190 g/mol. The Labute approximate surface area is 79.6 Å². The van der Waals surface area contributed by atoms with E-state index in [1.54, 1.807) is 0 Å². The van der Waals surface area contributed by atoms with E-state index in [-0.39, 0.29) is 0 Å². The van der Waals surface area contributed by atoms with Gasteiger partial charge in [0.1, 0.15) is 5.75 Å². The maximum Gasteiger partial charge on any atom is 0.125 e. The lowest BCUT2D eigenvalue weighted by Crippen LogP contribution is -2.34. The predicted octanol–water partition coefficient (Wildman–Crippen LogP) is 2.00. The maximum atomic E-state index is 11.5. The van der Waals surface area contributed by atoms with Gasteiger partial charge in [-0.2, -0.15) is 0 Å². The highest BCUT2D eigenvalue weighted by Crippen LogP contribution is 2.05. The second kappa shape index (κ2) is 7.90. The molecule has 3 heteroatoms. The number of rotatable bonds is 7. The minimum Gasteiger partial charge on any atom is -0.598 e. The third kappa shape index (κ3) is 5.01. The predicted molar refractivity (Wildman–Crippen MR) is 55.1 cm³/mol. The second-order valence-electron chi connectivity index (χ2n) is 2.81. The molecular formula is C9H20NOS. The highest BCUT2D eigenvalue weighted by Gasteiger charge is 2.15. The fourth-order valence-electron chi connectivity index (χ4n) is 1.07. The second-order valence-corrected chi connectivity index (χ2v) is 4.38. The van der Waals surface area contributed by atoms with Crippen LogP contribution < -0.4 is 0 Å². The van der Waals surface area contributed by atoms with Crippen molar-refractivity contribution in [3.63, 3.8) is 0 Å². The van der Waals surface area contributed by atoms with Crippen LogP contribution in [0.25, 0.3) is 0 Å². The minimum absolute atomic E-state index is 0.708. The summed E-state index contributed by atoms with van der Waals surface area (Å²) in [5.74, 6) is 0.708. The molecule has 0 bridgehead atoms. The van der Waals surface area contributed by atoms with Crippen molar-refractivity contribution in [3.05, 3.63) is 6.92 Å². The fourth-order valence-corrected chi connectivity index (χ4v) is 2.34. The van der Waals surface area contributed by atoms with Gasteiger partial charge < -0.3 is 4.55 Å². The zero-order valence-electron chi connectivity index (χ0n) is 8.21. The van der Waals surface area contributed by atoms with Crippen LogP contribution in [0.3, 0.4) is 0 Å². The standard InChI is InChI=1S/C9H20NOS/c1-4-7-10(8-5-2)12(11)9-6-3/h3-9H2,1-2H3. The molecule has 0 aliphatic heterocycles. The Morgan fingerprint density at radius 3 is 2.08 bits per heavy atom. The van der Waals surface area contributed by atoms with Gasteiger partial charge in [-0.25, -0.2) is 0 Å². The number of nitrogens with zero attached hydrogens (tertiary/aromatic N) is 1. The molecule has 0 fully saturated rings.